The molecule has 2 aliphatic heterocycles. The predicted octanol–water partition coefficient (Wildman–Crippen LogP) is 1.88. The van der Waals surface area contributed by atoms with Crippen LogP contribution < -0.4 is 5.32 Å². The quantitative estimate of drug-likeness (QED) is 0.654. The van der Waals surface area contributed by atoms with Gasteiger partial charge >= 0.3 is 0 Å². The van der Waals surface area contributed by atoms with Gasteiger partial charge in [-0.1, -0.05) is 6.07 Å². The van der Waals surface area contributed by atoms with Crippen molar-refractivity contribution in [2.75, 3.05) is 19.6 Å². The van der Waals surface area contributed by atoms with Crippen molar-refractivity contribution < 1.29 is 23.6 Å². The largest absolute Gasteiger partial charge is 0.467 e. The lowest BCUT2D eigenvalue weighted by Gasteiger charge is -2.16. The number of pyridine rings is 1. The highest BCUT2D eigenvalue weighted by molar-refractivity contribution is 8.18. The highest BCUT2D eigenvalue weighted by Crippen LogP contribution is 2.31. The molecule has 4 rings (SSSR count). The number of hydrogen-bond acceptors (Lipinski definition) is 7. The van der Waals surface area contributed by atoms with E-state index in [1.54, 1.807) is 47.6 Å². The summed E-state index contributed by atoms with van der Waals surface area (Å²) in [7, 11) is 0. The molecule has 0 aromatic carbocycles. The number of amides is 4. The van der Waals surface area contributed by atoms with E-state index in [2.05, 4.69) is 10.3 Å². The number of thioether (sulfide) groups is 1. The Morgan fingerprint density at radius 1 is 1.29 bits per heavy atom. The van der Waals surface area contributed by atoms with E-state index in [1.165, 1.54) is 6.26 Å². The fourth-order valence-electron chi connectivity index (χ4n) is 3.43. The molecular weight excluding hydrogens is 420 g/mol. The molecule has 31 heavy (non-hydrogen) atoms. The summed E-state index contributed by atoms with van der Waals surface area (Å²) in [6, 6.07) is 7.06. The zero-order valence-electron chi connectivity index (χ0n) is 16.5. The van der Waals surface area contributed by atoms with Gasteiger partial charge in [-0.15, -0.1) is 0 Å². The van der Waals surface area contributed by atoms with E-state index in [-0.39, 0.29) is 36.6 Å². The van der Waals surface area contributed by atoms with Crippen LogP contribution in [0.25, 0.3) is 6.08 Å². The first-order chi connectivity index (χ1) is 15.0. The average Bonchev–Trinajstić information content (AvgIpc) is 3.46. The Hall–Kier alpha value is -3.40. The SMILES string of the molecule is O=C(NCCN1C(=O)S/C(=C/c2cccnc2)C1=O)C1CC(=O)N(Cc2ccco2)C1. The van der Waals surface area contributed by atoms with Crippen molar-refractivity contribution in [2.45, 2.75) is 13.0 Å². The Kier molecular flexibility index (Phi) is 6.17. The zero-order valence-corrected chi connectivity index (χ0v) is 17.3. The van der Waals surface area contributed by atoms with Crippen LogP contribution in [0.5, 0.6) is 0 Å². The predicted molar refractivity (Wildman–Crippen MR) is 112 cm³/mol. The number of carbonyl (C=O) groups excluding carboxylic acids is 4. The zero-order chi connectivity index (χ0) is 21.8. The van der Waals surface area contributed by atoms with Crippen LogP contribution in [0.15, 0.2) is 52.2 Å². The number of hydrogen-bond donors (Lipinski definition) is 1. The molecule has 2 aliphatic rings. The molecule has 1 atom stereocenters. The Bertz CT molecular complexity index is 1020. The number of furan rings is 1. The molecule has 9 nitrogen and oxygen atoms in total. The number of rotatable bonds is 7. The van der Waals surface area contributed by atoms with Crippen molar-refractivity contribution in [3.63, 3.8) is 0 Å². The first-order valence-electron chi connectivity index (χ1n) is 9.74. The summed E-state index contributed by atoms with van der Waals surface area (Å²) in [5, 5.41) is 2.35. The van der Waals surface area contributed by atoms with Gasteiger partial charge < -0.3 is 14.6 Å². The Balaban J connectivity index is 1.27. The van der Waals surface area contributed by atoms with Gasteiger partial charge in [0.05, 0.1) is 23.6 Å². The van der Waals surface area contributed by atoms with Crippen LogP contribution in [0, 0.1) is 5.92 Å². The Morgan fingerprint density at radius 2 is 2.16 bits per heavy atom. The maximum Gasteiger partial charge on any atom is 0.293 e. The second-order valence-electron chi connectivity index (χ2n) is 7.17. The lowest BCUT2D eigenvalue weighted by molar-refractivity contribution is -0.129. The highest BCUT2D eigenvalue weighted by Gasteiger charge is 2.36. The number of carbonyl (C=O) groups is 4. The fraction of sp³-hybridized carbons (Fsp3) is 0.286. The van der Waals surface area contributed by atoms with Crippen molar-refractivity contribution in [1.82, 2.24) is 20.1 Å². The fourth-order valence-corrected chi connectivity index (χ4v) is 4.30. The van der Waals surface area contributed by atoms with Crippen LogP contribution in [-0.2, 0) is 20.9 Å². The molecule has 2 saturated heterocycles. The number of likely N-dealkylation sites (tertiary alicyclic amines) is 1. The van der Waals surface area contributed by atoms with E-state index in [1.807, 2.05) is 0 Å². The Morgan fingerprint density at radius 3 is 2.90 bits per heavy atom. The number of imide groups is 1. The van der Waals surface area contributed by atoms with E-state index < -0.39 is 11.8 Å². The minimum Gasteiger partial charge on any atom is -0.467 e. The summed E-state index contributed by atoms with van der Waals surface area (Å²) in [6.45, 7) is 0.827. The molecule has 1 unspecified atom stereocenters. The van der Waals surface area contributed by atoms with E-state index in [4.69, 9.17) is 4.42 Å². The second kappa shape index (κ2) is 9.17. The topological polar surface area (TPSA) is 113 Å². The molecule has 4 amide bonds. The van der Waals surface area contributed by atoms with Crippen molar-refractivity contribution in [2.24, 2.45) is 5.92 Å². The van der Waals surface area contributed by atoms with Crippen LogP contribution in [0.1, 0.15) is 17.7 Å². The normalized spacial score (nSPS) is 20.2. The van der Waals surface area contributed by atoms with Crippen LogP contribution in [0.3, 0.4) is 0 Å². The lowest BCUT2D eigenvalue weighted by Crippen LogP contribution is -2.40. The molecule has 2 aromatic heterocycles. The van der Waals surface area contributed by atoms with Gasteiger partial charge in [0, 0.05) is 38.4 Å². The molecule has 0 bridgehead atoms. The summed E-state index contributed by atoms with van der Waals surface area (Å²) in [5.74, 6) is -0.582. The van der Waals surface area contributed by atoms with E-state index >= 15 is 0 Å². The lowest BCUT2D eigenvalue weighted by atomic mass is 10.1. The molecular formula is C21H20N4O5S. The molecule has 0 saturated carbocycles. The van der Waals surface area contributed by atoms with Gasteiger partial charge in [0.2, 0.25) is 11.8 Å². The standard InChI is InChI=1S/C21H20N4O5S/c26-18-10-15(12-24(18)13-16-4-2-8-30-16)19(27)23-6-7-25-20(28)17(31-21(25)29)9-14-3-1-5-22-11-14/h1-5,8-9,11,15H,6-7,10,12-13H2,(H,23,27)/b17-9+. The molecule has 4 heterocycles. The molecule has 160 valence electrons. The molecule has 2 aromatic rings. The van der Waals surface area contributed by atoms with Gasteiger partial charge in [0.25, 0.3) is 11.1 Å². The summed E-state index contributed by atoms with van der Waals surface area (Å²) < 4.78 is 5.25. The molecule has 0 spiro atoms. The minimum absolute atomic E-state index is 0.0670. The number of nitrogens with zero attached hydrogens (tertiary/aromatic N) is 3. The molecule has 10 heteroatoms. The third-order valence-corrected chi connectivity index (χ3v) is 5.91. The van der Waals surface area contributed by atoms with E-state index in [9.17, 15) is 19.2 Å². The highest BCUT2D eigenvalue weighted by atomic mass is 32.2. The van der Waals surface area contributed by atoms with Crippen LogP contribution in [0.2, 0.25) is 0 Å². The summed E-state index contributed by atoms with van der Waals surface area (Å²) in [5.41, 5.74) is 0.728. The average molecular weight is 440 g/mol. The van der Waals surface area contributed by atoms with Crippen LogP contribution in [-0.4, -0.2) is 57.4 Å². The smallest absolute Gasteiger partial charge is 0.293 e. The van der Waals surface area contributed by atoms with Gasteiger partial charge in [-0.3, -0.25) is 29.1 Å². The molecule has 1 N–H and O–H groups in total. The van der Waals surface area contributed by atoms with E-state index in [0.717, 1.165) is 22.2 Å². The van der Waals surface area contributed by atoms with Gasteiger partial charge in [-0.2, -0.15) is 0 Å². The first-order valence-corrected chi connectivity index (χ1v) is 10.6. The van der Waals surface area contributed by atoms with Gasteiger partial charge in [-0.25, -0.2) is 0 Å². The van der Waals surface area contributed by atoms with Gasteiger partial charge in [0.15, 0.2) is 0 Å². The summed E-state index contributed by atoms with van der Waals surface area (Å²) in [6.07, 6.45) is 6.51. The summed E-state index contributed by atoms with van der Waals surface area (Å²) in [4.78, 5) is 56.3. The Labute approximate surface area is 182 Å². The van der Waals surface area contributed by atoms with Crippen LogP contribution in [0.4, 0.5) is 4.79 Å². The number of nitrogens with one attached hydrogen (secondary N) is 1. The van der Waals surface area contributed by atoms with Crippen molar-refractivity contribution in [3.05, 3.63) is 59.2 Å². The molecule has 2 fully saturated rings. The molecule has 0 aliphatic carbocycles. The maximum absolute atomic E-state index is 12.5. The van der Waals surface area contributed by atoms with Gasteiger partial charge in [0.1, 0.15) is 5.76 Å². The second-order valence-corrected chi connectivity index (χ2v) is 8.16. The first kappa shape index (κ1) is 20.9. The minimum atomic E-state index is -0.470. The third kappa shape index (κ3) is 4.85. The van der Waals surface area contributed by atoms with Gasteiger partial charge in [-0.05, 0) is 41.6 Å². The van der Waals surface area contributed by atoms with Crippen LogP contribution >= 0.6 is 11.8 Å². The molecule has 0 radical (unpaired) electrons. The van der Waals surface area contributed by atoms with Crippen molar-refractivity contribution in [3.8, 4) is 0 Å². The monoisotopic (exact) mass is 440 g/mol. The van der Waals surface area contributed by atoms with Crippen molar-refractivity contribution >= 4 is 40.8 Å². The summed E-state index contributed by atoms with van der Waals surface area (Å²) >= 11 is 0.861. The third-order valence-electron chi connectivity index (χ3n) is 5.00. The number of aromatic nitrogens is 1. The maximum atomic E-state index is 12.5. The van der Waals surface area contributed by atoms with E-state index in [0.29, 0.717) is 23.8 Å². The van der Waals surface area contributed by atoms with Crippen molar-refractivity contribution in [1.29, 1.82) is 0 Å².